The van der Waals surface area contributed by atoms with E-state index in [4.69, 9.17) is 5.11 Å². The maximum absolute atomic E-state index is 13.2. The van der Waals surface area contributed by atoms with Crippen LogP contribution in [0.5, 0.6) is 0 Å². The highest BCUT2D eigenvalue weighted by molar-refractivity contribution is 7.12. The Bertz CT molecular complexity index is 811. The van der Waals surface area contributed by atoms with Crippen molar-refractivity contribution in [2.24, 2.45) is 0 Å². The van der Waals surface area contributed by atoms with Gasteiger partial charge >= 0.3 is 11.7 Å². The number of carbonyl (C=O) groups excluding carboxylic acids is 1. The van der Waals surface area contributed by atoms with E-state index in [1.807, 2.05) is 0 Å². The first kappa shape index (κ1) is 15.6. The van der Waals surface area contributed by atoms with Crippen LogP contribution in [0.25, 0.3) is 0 Å². The van der Waals surface area contributed by atoms with Gasteiger partial charge in [-0.15, -0.1) is 11.3 Å². The van der Waals surface area contributed by atoms with Gasteiger partial charge in [0.25, 0.3) is 11.5 Å². The Balaban J connectivity index is 2.21. The number of nitrogens with one attached hydrogen (secondary N) is 2. The molecule has 2 rings (SSSR count). The molecule has 0 aliphatic heterocycles. The number of thiophene rings is 1. The first-order chi connectivity index (χ1) is 10.4. The van der Waals surface area contributed by atoms with Crippen LogP contribution in [0, 0.1) is 5.82 Å². The Labute approximate surface area is 125 Å². The zero-order valence-corrected chi connectivity index (χ0v) is 11.7. The van der Waals surface area contributed by atoms with Crippen LogP contribution in [0.2, 0.25) is 0 Å². The summed E-state index contributed by atoms with van der Waals surface area (Å²) in [7, 11) is 0. The number of aliphatic carboxylic acids is 1. The average Bonchev–Trinajstić information content (AvgIpc) is 2.97. The van der Waals surface area contributed by atoms with Crippen LogP contribution in [-0.2, 0) is 11.3 Å². The molecule has 0 aliphatic rings. The first-order valence-electron chi connectivity index (χ1n) is 5.95. The SMILES string of the molecule is O=C(N[C@@H](Cn1cc(F)c(=O)[nH]c1=O)C(=O)O)c1cccs1. The molecule has 3 N–H and O–H groups in total. The highest BCUT2D eigenvalue weighted by Gasteiger charge is 2.22. The molecule has 1 atom stereocenters. The number of hydrogen-bond donors (Lipinski definition) is 3. The molecule has 0 aromatic carbocycles. The van der Waals surface area contributed by atoms with Crippen LogP contribution in [0.1, 0.15) is 9.67 Å². The fourth-order valence-electron chi connectivity index (χ4n) is 1.64. The fourth-order valence-corrected chi connectivity index (χ4v) is 2.26. The minimum atomic E-state index is -1.46. The van der Waals surface area contributed by atoms with E-state index in [-0.39, 0.29) is 0 Å². The fraction of sp³-hybridized carbons (Fsp3) is 0.167. The average molecular weight is 327 g/mol. The van der Waals surface area contributed by atoms with Crippen molar-refractivity contribution >= 4 is 23.2 Å². The van der Waals surface area contributed by atoms with Gasteiger partial charge in [0.1, 0.15) is 6.04 Å². The van der Waals surface area contributed by atoms with Crippen molar-refractivity contribution in [3.05, 3.63) is 55.2 Å². The second-order valence-corrected chi connectivity index (χ2v) is 5.18. The van der Waals surface area contributed by atoms with Gasteiger partial charge in [-0.25, -0.2) is 9.59 Å². The highest BCUT2D eigenvalue weighted by atomic mass is 32.1. The first-order valence-corrected chi connectivity index (χ1v) is 6.83. The van der Waals surface area contributed by atoms with Crippen molar-refractivity contribution in [2.45, 2.75) is 12.6 Å². The zero-order chi connectivity index (χ0) is 16.3. The molecule has 0 spiro atoms. The number of amides is 1. The predicted molar refractivity (Wildman–Crippen MR) is 74.5 cm³/mol. The summed E-state index contributed by atoms with van der Waals surface area (Å²) in [6.45, 7) is -0.529. The monoisotopic (exact) mass is 327 g/mol. The zero-order valence-electron chi connectivity index (χ0n) is 10.9. The summed E-state index contributed by atoms with van der Waals surface area (Å²) >= 11 is 1.12. The van der Waals surface area contributed by atoms with E-state index >= 15 is 0 Å². The second-order valence-electron chi connectivity index (χ2n) is 4.23. The number of nitrogens with zero attached hydrogens (tertiary/aromatic N) is 1. The number of carboxylic acids is 1. The summed E-state index contributed by atoms with van der Waals surface area (Å²) in [4.78, 5) is 47.4. The van der Waals surface area contributed by atoms with Gasteiger partial charge < -0.3 is 10.4 Å². The smallest absolute Gasteiger partial charge is 0.328 e. The molecular weight excluding hydrogens is 317 g/mol. The lowest BCUT2D eigenvalue weighted by molar-refractivity contribution is -0.139. The summed E-state index contributed by atoms with van der Waals surface area (Å²) < 4.78 is 13.8. The molecule has 0 unspecified atom stereocenters. The molecule has 8 nitrogen and oxygen atoms in total. The molecule has 0 fully saturated rings. The second kappa shape index (κ2) is 6.35. The topological polar surface area (TPSA) is 121 Å². The molecular formula is C12H10FN3O5S. The van der Waals surface area contributed by atoms with Crippen molar-refractivity contribution in [2.75, 3.05) is 0 Å². The number of hydrogen-bond acceptors (Lipinski definition) is 5. The third kappa shape index (κ3) is 3.47. The number of aromatic nitrogens is 2. The molecule has 0 saturated heterocycles. The number of halogens is 1. The number of carboxylic acid groups (broad SMARTS) is 1. The summed E-state index contributed by atoms with van der Waals surface area (Å²) in [5, 5.41) is 13.0. The Hall–Kier alpha value is -2.75. The minimum Gasteiger partial charge on any atom is -0.480 e. The van der Waals surface area contributed by atoms with E-state index in [9.17, 15) is 23.6 Å². The molecule has 0 radical (unpaired) electrons. The lowest BCUT2D eigenvalue weighted by Crippen LogP contribution is -2.46. The van der Waals surface area contributed by atoms with Gasteiger partial charge in [0.2, 0.25) is 5.82 Å². The summed E-state index contributed by atoms with van der Waals surface area (Å²) in [6.07, 6.45) is 0.592. The van der Waals surface area contributed by atoms with Crippen molar-refractivity contribution < 1.29 is 19.1 Å². The lowest BCUT2D eigenvalue weighted by Gasteiger charge is -2.15. The number of rotatable bonds is 5. The lowest BCUT2D eigenvalue weighted by atomic mass is 10.2. The number of H-pyrrole nitrogens is 1. The van der Waals surface area contributed by atoms with Crippen molar-refractivity contribution in [1.29, 1.82) is 0 Å². The summed E-state index contributed by atoms with van der Waals surface area (Å²) in [6, 6.07) is 1.67. The molecule has 2 aromatic heterocycles. The van der Waals surface area contributed by atoms with Crippen LogP contribution in [-0.4, -0.2) is 32.6 Å². The maximum atomic E-state index is 13.2. The van der Waals surface area contributed by atoms with Gasteiger partial charge in [0.05, 0.1) is 17.6 Å². The predicted octanol–water partition coefficient (Wildman–Crippen LogP) is -0.380. The van der Waals surface area contributed by atoms with Gasteiger partial charge in [-0.3, -0.25) is 19.1 Å². The number of aromatic amines is 1. The number of carbonyl (C=O) groups is 2. The normalized spacial score (nSPS) is 11.9. The van der Waals surface area contributed by atoms with E-state index in [1.165, 1.54) is 6.07 Å². The summed E-state index contributed by atoms with van der Waals surface area (Å²) in [5.41, 5.74) is -2.17. The quantitative estimate of drug-likeness (QED) is 0.691. The molecule has 0 saturated carbocycles. The van der Waals surface area contributed by atoms with Crippen LogP contribution >= 0.6 is 11.3 Å². The standard InChI is InChI=1S/C12H10FN3O5S/c13-6-4-16(12(21)15-9(6)17)5-7(11(19)20)14-10(18)8-2-1-3-22-8/h1-4,7H,5H2,(H,14,18)(H,19,20)(H,15,17,21)/t7-/m0/s1. The molecule has 2 aromatic rings. The van der Waals surface area contributed by atoms with Gasteiger partial charge in [-0.1, -0.05) is 6.07 Å². The van der Waals surface area contributed by atoms with Crippen LogP contribution in [0.15, 0.2) is 33.3 Å². The Kier molecular flexibility index (Phi) is 4.51. The van der Waals surface area contributed by atoms with E-state index in [1.54, 1.807) is 16.4 Å². The largest absolute Gasteiger partial charge is 0.480 e. The van der Waals surface area contributed by atoms with Crippen molar-refractivity contribution in [3.8, 4) is 0 Å². The highest BCUT2D eigenvalue weighted by Crippen LogP contribution is 2.08. The molecule has 10 heteroatoms. The molecule has 2 heterocycles. The third-order valence-electron chi connectivity index (χ3n) is 2.70. The van der Waals surface area contributed by atoms with Gasteiger partial charge in [-0.05, 0) is 11.4 Å². The molecule has 0 aliphatic carbocycles. The van der Waals surface area contributed by atoms with Crippen molar-refractivity contribution in [3.63, 3.8) is 0 Å². The van der Waals surface area contributed by atoms with Crippen LogP contribution in [0.4, 0.5) is 4.39 Å². The third-order valence-corrected chi connectivity index (χ3v) is 3.56. The van der Waals surface area contributed by atoms with Gasteiger partial charge in [0.15, 0.2) is 0 Å². The van der Waals surface area contributed by atoms with Gasteiger partial charge in [0, 0.05) is 0 Å². The molecule has 116 valence electrons. The maximum Gasteiger partial charge on any atom is 0.328 e. The molecule has 22 heavy (non-hydrogen) atoms. The minimum absolute atomic E-state index is 0.297. The van der Waals surface area contributed by atoms with E-state index in [0.717, 1.165) is 11.3 Å². The van der Waals surface area contributed by atoms with E-state index in [0.29, 0.717) is 15.6 Å². The Morgan fingerprint density at radius 2 is 2.18 bits per heavy atom. The van der Waals surface area contributed by atoms with Gasteiger partial charge in [-0.2, -0.15) is 4.39 Å². The molecule has 0 bridgehead atoms. The van der Waals surface area contributed by atoms with Crippen LogP contribution in [0.3, 0.4) is 0 Å². The van der Waals surface area contributed by atoms with Crippen LogP contribution < -0.4 is 16.6 Å². The van der Waals surface area contributed by atoms with E-state index in [2.05, 4.69) is 5.32 Å². The summed E-state index contributed by atoms with van der Waals surface area (Å²) in [5.74, 6) is -3.25. The Morgan fingerprint density at radius 3 is 2.77 bits per heavy atom. The van der Waals surface area contributed by atoms with Crippen molar-refractivity contribution in [1.82, 2.24) is 14.9 Å². The van der Waals surface area contributed by atoms with E-state index < -0.39 is 41.5 Å². The molecule has 1 amide bonds. The Morgan fingerprint density at radius 1 is 1.45 bits per heavy atom.